The molecule has 1 fully saturated rings. The molecule has 3 rings (SSSR count). The third kappa shape index (κ3) is 2.35. The van der Waals surface area contributed by atoms with Crippen LogP contribution in [0.5, 0.6) is 11.5 Å². The molecular weight excluding hydrogens is 228 g/mol. The number of ether oxygens (including phenoxy) is 2. The number of hydrogen-bond acceptors (Lipinski definition) is 3. The van der Waals surface area contributed by atoms with E-state index in [1.165, 1.54) is 18.4 Å². The Morgan fingerprint density at radius 1 is 1.22 bits per heavy atom. The Kier molecular flexibility index (Phi) is 2.98. The molecule has 1 aliphatic carbocycles. The lowest BCUT2D eigenvalue weighted by Gasteiger charge is -2.13. The highest BCUT2D eigenvalue weighted by Gasteiger charge is 2.24. The summed E-state index contributed by atoms with van der Waals surface area (Å²) in [7, 11) is 0. The van der Waals surface area contributed by atoms with Crippen molar-refractivity contribution < 1.29 is 14.3 Å². The van der Waals surface area contributed by atoms with Gasteiger partial charge in [-0.3, -0.25) is 4.79 Å². The molecule has 1 heterocycles. The zero-order valence-corrected chi connectivity index (χ0v) is 10.7. The second-order valence-corrected chi connectivity index (χ2v) is 5.20. The molecule has 1 saturated carbocycles. The molecule has 1 aromatic rings. The van der Waals surface area contributed by atoms with Gasteiger partial charge in [-0.1, -0.05) is 13.0 Å². The van der Waals surface area contributed by atoms with Crippen LogP contribution in [0.3, 0.4) is 0 Å². The highest BCUT2D eigenvalue weighted by molar-refractivity contribution is 5.82. The number of Topliss-reactive ketones (excluding diaryl/α,β-unsaturated/α-hetero) is 1. The molecule has 0 aromatic heterocycles. The summed E-state index contributed by atoms with van der Waals surface area (Å²) in [6.07, 6.45) is 4.71. The van der Waals surface area contributed by atoms with Crippen LogP contribution in [-0.4, -0.2) is 19.0 Å². The van der Waals surface area contributed by atoms with Gasteiger partial charge in [0.2, 0.25) is 5.78 Å². The van der Waals surface area contributed by atoms with Gasteiger partial charge >= 0.3 is 0 Å². The Morgan fingerprint density at radius 3 is 2.72 bits per heavy atom. The highest BCUT2D eigenvalue weighted by Crippen LogP contribution is 2.38. The summed E-state index contributed by atoms with van der Waals surface area (Å²) in [5.41, 5.74) is 2.46. The van der Waals surface area contributed by atoms with E-state index in [4.69, 9.17) is 9.47 Å². The summed E-state index contributed by atoms with van der Waals surface area (Å²) < 4.78 is 11.2. The standard InChI is InChI=1S/C15H18O3/c1-2-12-6-11(5-10-3-4-10)7-14-15(12)18-9-13(16)8-17-14/h6-7,10H,2-5,8-9H2,1H3. The molecule has 18 heavy (non-hydrogen) atoms. The van der Waals surface area contributed by atoms with Crippen molar-refractivity contribution >= 4 is 5.78 Å². The first-order valence-electron chi connectivity index (χ1n) is 6.69. The smallest absolute Gasteiger partial charge is 0.207 e. The average molecular weight is 246 g/mol. The van der Waals surface area contributed by atoms with Gasteiger partial charge in [0.15, 0.2) is 24.7 Å². The van der Waals surface area contributed by atoms with E-state index in [0.29, 0.717) is 0 Å². The van der Waals surface area contributed by atoms with Crippen molar-refractivity contribution in [2.75, 3.05) is 13.2 Å². The molecule has 1 aliphatic heterocycles. The van der Waals surface area contributed by atoms with Gasteiger partial charge < -0.3 is 9.47 Å². The van der Waals surface area contributed by atoms with Crippen molar-refractivity contribution in [2.45, 2.75) is 32.6 Å². The largest absolute Gasteiger partial charge is 0.482 e. The first kappa shape index (κ1) is 11.6. The second-order valence-electron chi connectivity index (χ2n) is 5.20. The van der Waals surface area contributed by atoms with Crippen LogP contribution < -0.4 is 9.47 Å². The fraction of sp³-hybridized carbons (Fsp3) is 0.533. The van der Waals surface area contributed by atoms with Crippen LogP contribution in [0.1, 0.15) is 30.9 Å². The average Bonchev–Trinajstić information content (AvgIpc) is 3.18. The van der Waals surface area contributed by atoms with E-state index < -0.39 is 0 Å². The number of rotatable bonds is 3. The zero-order valence-electron chi connectivity index (χ0n) is 10.7. The number of ketones is 1. The normalized spacial score (nSPS) is 18.6. The minimum Gasteiger partial charge on any atom is -0.482 e. The van der Waals surface area contributed by atoms with E-state index in [-0.39, 0.29) is 19.0 Å². The van der Waals surface area contributed by atoms with Gasteiger partial charge in [0.1, 0.15) is 0 Å². The van der Waals surface area contributed by atoms with E-state index in [0.717, 1.165) is 35.8 Å². The maximum Gasteiger partial charge on any atom is 0.207 e. The first-order valence-corrected chi connectivity index (χ1v) is 6.69. The lowest BCUT2D eigenvalue weighted by atomic mass is 10.0. The molecule has 0 bridgehead atoms. The maximum atomic E-state index is 11.4. The Bertz CT molecular complexity index is 475. The van der Waals surface area contributed by atoms with Crippen LogP contribution in [0.2, 0.25) is 0 Å². The third-order valence-electron chi connectivity index (χ3n) is 3.56. The van der Waals surface area contributed by atoms with Crippen molar-refractivity contribution in [3.05, 3.63) is 23.3 Å². The Labute approximate surface area is 107 Å². The number of aryl methyl sites for hydroxylation is 1. The van der Waals surface area contributed by atoms with Gasteiger partial charge in [-0.25, -0.2) is 0 Å². The van der Waals surface area contributed by atoms with Crippen LogP contribution >= 0.6 is 0 Å². The Hall–Kier alpha value is -1.51. The molecule has 0 amide bonds. The third-order valence-corrected chi connectivity index (χ3v) is 3.56. The Balaban J connectivity index is 1.94. The summed E-state index contributed by atoms with van der Waals surface area (Å²) in [5, 5.41) is 0. The Morgan fingerprint density at radius 2 is 2.00 bits per heavy atom. The summed E-state index contributed by atoms with van der Waals surface area (Å²) in [6, 6.07) is 4.25. The van der Waals surface area contributed by atoms with Gasteiger partial charge in [-0.2, -0.15) is 0 Å². The number of hydrogen-bond donors (Lipinski definition) is 0. The monoisotopic (exact) mass is 246 g/mol. The molecule has 0 unspecified atom stereocenters. The van der Waals surface area contributed by atoms with Gasteiger partial charge in [0.25, 0.3) is 0 Å². The number of carbonyl (C=O) groups is 1. The SMILES string of the molecule is CCc1cc(CC2CC2)cc2c1OCC(=O)CO2. The number of benzene rings is 1. The molecule has 0 saturated heterocycles. The molecular formula is C15H18O3. The minimum absolute atomic E-state index is 0.00278. The minimum atomic E-state index is -0.00278. The van der Waals surface area contributed by atoms with Gasteiger partial charge in [-0.05, 0) is 48.8 Å². The highest BCUT2D eigenvalue weighted by atomic mass is 16.5. The van der Waals surface area contributed by atoms with Gasteiger partial charge in [0, 0.05) is 0 Å². The second kappa shape index (κ2) is 4.63. The van der Waals surface area contributed by atoms with Crippen LogP contribution in [0.15, 0.2) is 12.1 Å². The topological polar surface area (TPSA) is 35.5 Å². The van der Waals surface area contributed by atoms with Gasteiger partial charge in [0.05, 0.1) is 0 Å². The number of fused-ring (bicyclic) bond motifs is 1. The van der Waals surface area contributed by atoms with E-state index in [1.807, 2.05) is 6.07 Å². The molecule has 0 N–H and O–H groups in total. The van der Waals surface area contributed by atoms with Gasteiger partial charge in [-0.15, -0.1) is 0 Å². The molecule has 0 spiro atoms. The van der Waals surface area contributed by atoms with E-state index >= 15 is 0 Å². The van der Waals surface area contributed by atoms with Crippen molar-refractivity contribution in [3.8, 4) is 11.5 Å². The molecule has 1 aromatic carbocycles. The maximum absolute atomic E-state index is 11.4. The molecule has 3 nitrogen and oxygen atoms in total. The fourth-order valence-corrected chi connectivity index (χ4v) is 2.38. The van der Waals surface area contributed by atoms with Crippen LogP contribution in [0.4, 0.5) is 0 Å². The van der Waals surface area contributed by atoms with E-state index in [2.05, 4.69) is 13.0 Å². The first-order chi connectivity index (χ1) is 8.76. The summed E-state index contributed by atoms with van der Waals surface area (Å²) >= 11 is 0. The quantitative estimate of drug-likeness (QED) is 0.822. The van der Waals surface area contributed by atoms with Crippen molar-refractivity contribution in [1.29, 1.82) is 0 Å². The summed E-state index contributed by atoms with van der Waals surface area (Å²) in [4.78, 5) is 11.4. The zero-order chi connectivity index (χ0) is 12.5. The fourth-order valence-electron chi connectivity index (χ4n) is 2.38. The predicted molar refractivity (Wildman–Crippen MR) is 68.2 cm³/mol. The molecule has 0 radical (unpaired) electrons. The molecule has 3 heteroatoms. The van der Waals surface area contributed by atoms with Crippen LogP contribution in [0, 0.1) is 5.92 Å². The summed E-state index contributed by atoms with van der Waals surface area (Å²) in [6.45, 7) is 2.36. The van der Waals surface area contributed by atoms with Crippen LogP contribution in [-0.2, 0) is 17.6 Å². The van der Waals surface area contributed by atoms with Crippen molar-refractivity contribution in [3.63, 3.8) is 0 Å². The summed E-state index contributed by atoms with van der Waals surface area (Å²) in [5.74, 6) is 2.36. The number of carbonyl (C=O) groups excluding carboxylic acids is 1. The lowest BCUT2D eigenvalue weighted by molar-refractivity contribution is -0.122. The van der Waals surface area contributed by atoms with Crippen LogP contribution in [0.25, 0.3) is 0 Å². The van der Waals surface area contributed by atoms with E-state index in [1.54, 1.807) is 0 Å². The lowest BCUT2D eigenvalue weighted by Crippen LogP contribution is -2.15. The van der Waals surface area contributed by atoms with Crippen molar-refractivity contribution in [2.24, 2.45) is 5.92 Å². The van der Waals surface area contributed by atoms with Crippen molar-refractivity contribution in [1.82, 2.24) is 0 Å². The molecule has 96 valence electrons. The molecule has 2 aliphatic rings. The molecule has 0 atom stereocenters. The predicted octanol–water partition coefficient (Wildman–Crippen LogP) is 2.54. The van der Waals surface area contributed by atoms with E-state index in [9.17, 15) is 4.79 Å².